The molecule has 5 N–H and O–H groups in total. The monoisotopic (exact) mass is 290 g/mol. The van der Waals surface area contributed by atoms with Crippen LogP contribution in [0.3, 0.4) is 0 Å². The molecule has 0 aliphatic heterocycles. The molecule has 0 saturated heterocycles. The average Bonchev–Trinajstić information content (AvgIpc) is 2.34. The molecule has 0 aromatic heterocycles. The summed E-state index contributed by atoms with van der Waals surface area (Å²) in [4.78, 5) is 32.8. The smallest absolute Gasteiger partial charge is 0.327 e. The normalized spacial score (nSPS) is 14.0. The number of carbonyl (C=O) groups excluding carboxylic acids is 1. The number of allylic oxidation sites excluding steroid dienone is 1. The van der Waals surface area contributed by atoms with Gasteiger partial charge in [0.15, 0.2) is 0 Å². The highest BCUT2D eigenvalue weighted by atomic mass is 32.2. The third-order valence-corrected chi connectivity index (χ3v) is 3.12. The van der Waals surface area contributed by atoms with Gasteiger partial charge in [-0.2, -0.15) is 0 Å². The summed E-state index contributed by atoms with van der Waals surface area (Å²) >= 11 is 1.27. The van der Waals surface area contributed by atoms with Crippen molar-refractivity contribution in [2.24, 2.45) is 5.73 Å². The van der Waals surface area contributed by atoms with Crippen molar-refractivity contribution in [2.75, 3.05) is 5.75 Å². The van der Waals surface area contributed by atoms with Gasteiger partial charge in [-0.05, 0) is 18.8 Å². The minimum Gasteiger partial charge on any atom is -0.480 e. The van der Waals surface area contributed by atoms with Crippen LogP contribution < -0.4 is 11.1 Å². The van der Waals surface area contributed by atoms with E-state index in [1.54, 1.807) is 18.4 Å². The van der Waals surface area contributed by atoms with E-state index >= 15 is 0 Å². The summed E-state index contributed by atoms with van der Waals surface area (Å²) in [7, 11) is 0. The maximum absolute atomic E-state index is 11.5. The van der Waals surface area contributed by atoms with Gasteiger partial charge >= 0.3 is 11.9 Å². The van der Waals surface area contributed by atoms with Crippen LogP contribution >= 0.6 is 11.8 Å². The molecule has 0 bridgehead atoms. The highest BCUT2D eigenvalue weighted by Crippen LogP contribution is 2.05. The molecule has 0 saturated carbocycles. The number of amides is 1. The van der Waals surface area contributed by atoms with Crippen LogP contribution in [0.4, 0.5) is 0 Å². The van der Waals surface area contributed by atoms with Gasteiger partial charge in [0.25, 0.3) is 0 Å². The molecule has 0 rings (SSSR count). The van der Waals surface area contributed by atoms with E-state index < -0.39 is 29.9 Å². The summed E-state index contributed by atoms with van der Waals surface area (Å²) in [6.07, 6.45) is 1.61. The number of nitrogens with two attached hydrogens (primary N) is 1. The predicted molar refractivity (Wildman–Crippen MR) is 71.7 cm³/mol. The highest BCUT2D eigenvalue weighted by Gasteiger charge is 2.20. The topological polar surface area (TPSA) is 130 Å². The third kappa shape index (κ3) is 8.22. The van der Waals surface area contributed by atoms with Gasteiger partial charge in [0.05, 0.1) is 0 Å². The Kier molecular flexibility index (Phi) is 8.64. The quantitative estimate of drug-likeness (QED) is 0.470. The second kappa shape index (κ2) is 9.40. The van der Waals surface area contributed by atoms with E-state index in [0.717, 1.165) is 0 Å². The lowest BCUT2D eigenvalue weighted by atomic mass is 10.1. The van der Waals surface area contributed by atoms with Gasteiger partial charge in [-0.1, -0.05) is 6.08 Å². The molecule has 0 aliphatic rings. The van der Waals surface area contributed by atoms with Crippen LogP contribution in [0.5, 0.6) is 0 Å². The van der Waals surface area contributed by atoms with E-state index in [0.29, 0.717) is 0 Å². The largest absolute Gasteiger partial charge is 0.480 e. The molecule has 0 aliphatic carbocycles. The first kappa shape index (κ1) is 17.5. The number of aliphatic carboxylic acids is 2. The molecule has 7 nitrogen and oxygen atoms in total. The Morgan fingerprint density at radius 2 is 1.95 bits per heavy atom. The maximum atomic E-state index is 11.5. The second-order valence-corrected chi connectivity index (χ2v) is 4.68. The van der Waals surface area contributed by atoms with Crippen molar-refractivity contribution in [3.05, 3.63) is 11.5 Å². The molecule has 0 radical (unpaired) electrons. The number of thioether (sulfide) groups is 1. The average molecular weight is 290 g/mol. The van der Waals surface area contributed by atoms with E-state index in [9.17, 15) is 14.4 Å². The predicted octanol–water partition coefficient (Wildman–Crippen LogP) is 0.0147. The zero-order chi connectivity index (χ0) is 14.8. The molecule has 2 atom stereocenters. The lowest BCUT2D eigenvalue weighted by Gasteiger charge is -2.13. The van der Waals surface area contributed by atoms with Crippen molar-refractivity contribution in [3.63, 3.8) is 0 Å². The lowest BCUT2D eigenvalue weighted by Crippen LogP contribution is -2.43. The second-order valence-electron chi connectivity index (χ2n) is 3.74. The molecule has 0 heterocycles. The van der Waals surface area contributed by atoms with E-state index in [1.165, 1.54) is 11.8 Å². The summed E-state index contributed by atoms with van der Waals surface area (Å²) in [6, 6.07) is -2.12. The molecular weight excluding hydrogens is 272 g/mol. The van der Waals surface area contributed by atoms with Crippen LogP contribution in [0.15, 0.2) is 11.5 Å². The first-order chi connectivity index (χ1) is 8.88. The van der Waals surface area contributed by atoms with E-state index in [2.05, 4.69) is 5.32 Å². The van der Waals surface area contributed by atoms with Crippen LogP contribution in [0.25, 0.3) is 0 Å². The molecule has 1 amide bonds. The Hall–Kier alpha value is -1.54. The molecular formula is C11H18N2O5S. The fourth-order valence-corrected chi connectivity index (χ4v) is 1.82. The molecule has 8 heteroatoms. The minimum atomic E-state index is -1.19. The first-order valence-corrected chi connectivity index (χ1v) is 6.66. The Morgan fingerprint density at radius 3 is 2.42 bits per heavy atom. The Balaban J connectivity index is 4.17. The Bertz CT molecular complexity index is 359. The van der Waals surface area contributed by atoms with Gasteiger partial charge in [-0.15, -0.1) is 11.8 Å². The van der Waals surface area contributed by atoms with Crippen molar-refractivity contribution in [1.82, 2.24) is 5.32 Å². The van der Waals surface area contributed by atoms with Gasteiger partial charge in [-0.25, -0.2) is 4.79 Å². The van der Waals surface area contributed by atoms with Crippen LogP contribution in [0.2, 0.25) is 0 Å². The van der Waals surface area contributed by atoms with Crippen LogP contribution in [0.1, 0.15) is 19.8 Å². The molecule has 0 spiro atoms. The summed E-state index contributed by atoms with van der Waals surface area (Å²) in [5.74, 6) is -2.64. The number of hydrogen-bond acceptors (Lipinski definition) is 5. The van der Waals surface area contributed by atoms with Gasteiger partial charge < -0.3 is 21.3 Å². The summed E-state index contributed by atoms with van der Waals surface area (Å²) in [5, 5.41) is 21.5. The molecule has 0 unspecified atom stereocenters. The first-order valence-electron chi connectivity index (χ1n) is 5.61. The number of carboxylic acids is 2. The number of carbonyl (C=O) groups is 3. The number of carboxylic acid groups (broad SMARTS) is 2. The van der Waals surface area contributed by atoms with Crippen LogP contribution in [0, 0.1) is 0 Å². The van der Waals surface area contributed by atoms with Crippen molar-refractivity contribution in [2.45, 2.75) is 31.8 Å². The zero-order valence-electron chi connectivity index (χ0n) is 10.5. The van der Waals surface area contributed by atoms with Crippen molar-refractivity contribution >= 4 is 29.6 Å². The van der Waals surface area contributed by atoms with Crippen LogP contribution in [-0.4, -0.2) is 45.9 Å². The third-order valence-electron chi connectivity index (χ3n) is 2.13. The van der Waals surface area contributed by atoms with Crippen LogP contribution in [-0.2, 0) is 14.4 Å². The summed E-state index contributed by atoms with van der Waals surface area (Å²) < 4.78 is 0. The maximum Gasteiger partial charge on any atom is 0.327 e. The van der Waals surface area contributed by atoms with Crippen molar-refractivity contribution in [3.8, 4) is 0 Å². The molecule has 0 aromatic rings. The fraction of sp³-hybridized carbons (Fsp3) is 0.545. The number of rotatable bonds is 9. The summed E-state index contributed by atoms with van der Waals surface area (Å²) in [5.41, 5.74) is 5.24. The highest BCUT2D eigenvalue weighted by molar-refractivity contribution is 8.02. The van der Waals surface area contributed by atoms with E-state index in [1.807, 2.05) is 0 Å². The van der Waals surface area contributed by atoms with E-state index in [4.69, 9.17) is 15.9 Å². The van der Waals surface area contributed by atoms with Gasteiger partial charge in [0.2, 0.25) is 5.91 Å². The van der Waals surface area contributed by atoms with Crippen molar-refractivity contribution in [1.29, 1.82) is 0 Å². The SMILES string of the molecule is C/C=C\SC[C@H](NC(=O)CC[C@H](N)C(=O)O)C(=O)O. The minimum absolute atomic E-state index is 0.0322. The summed E-state index contributed by atoms with van der Waals surface area (Å²) in [6.45, 7) is 1.80. The van der Waals surface area contributed by atoms with Gasteiger partial charge in [0.1, 0.15) is 12.1 Å². The zero-order valence-corrected chi connectivity index (χ0v) is 11.4. The molecule has 108 valence electrons. The van der Waals surface area contributed by atoms with Crippen molar-refractivity contribution < 1.29 is 24.6 Å². The number of nitrogens with one attached hydrogen (secondary N) is 1. The molecule has 0 aromatic carbocycles. The van der Waals surface area contributed by atoms with E-state index in [-0.39, 0.29) is 18.6 Å². The lowest BCUT2D eigenvalue weighted by molar-refractivity contribution is -0.141. The number of hydrogen-bond donors (Lipinski definition) is 4. The van der Waals surface area contributed by atoms with Gasteiger partial charge in [-0.3, -0.25) is 9.59 Å². The Labute approximate surface area is 115 Å². The molecule has 0 fully saturated rings. The standard InChI is InChI=1S/C11H18N2O5S/c1-2-5-19-6-8(11(17)18)13-9(14)4-3-7(12)10(15)16/h2,5,7-8H,3-4,6,12H2,1H3,(H,13,14)(H,15,16)(H,17,18)/b5-2-/t7-,8-/m0/s1. The van der Waals surface area contributed by atoms with Gasteiger partial charge in [0, 0.05) is 12.2 Å². The fourth-order valence-electron chi connectivity index (χ4n) is 1.10. The molecule has 19 heavy (non-hydrogen) atoms. The Morgan fingerprint density at radius 1 is 1.32 bits per heavy atom.